The third kappa shape index (κ3) is 4.85. The Labute approximate surface area is 183 Å². The second-order valence-electron chi connectivity index (χ2n) is 7.25. The van der Waals surface area contributed by atoms with Gasteiger partial charge in [-0.3, -0.25) is 4.79 Å². The highest BCUT2D eigenvalue weighted by atomic mass is 19.1. The number of fused-ring (bicyclic) bond motifs is 1. The van der Waals surface area contributed by atoms with Crippen LogP contribution in [0.2, 0.25) is 0 Å². The summed E-state index contributed by atoms with van der Waals surface area (Å²) >= 11 is 0. The average molecular weight is 436 g/mol. The first-order chi connectivity index (χ1) is 15.5. The maximum atomic E-state index is 13.1. The van der Waals surface area contributed by atoms with Crippen LogP contribution in [0.5, 0.6) is 11.5 Å². The van der Waals surface area contributed by atoms with Crippen LogP contribution >= 0.6 is 0 Å². The van der Waals surface area contributed by atoms with Crippen LogP contribution in [0.3, 0.4) is 0 Å². The van der Waals surface area contributed by atoms with Gasteiger partial charge in [0.15, 0.2) is 6.61 Å². The van der Waals surface area contributed by atoms with Crippen LogP contribution in [0, 0.1) is 12.7 Å². The Morgan fingerprint density at radius 1 is 1.06 bits per heavy atom. The number of hydrogen-bond acceptors (Lipinski definition) is 6. The first kappa shape index (κ1) is 21.3. The number of aryl methyl sites for hydroxylation is 1. The number of nitrogens with zero attached hydrogens (tertiary/aromatic N) is 1. The van der Waals surface area contributed by atoms with E-state index in [2.05, 4.69) is 10.5 Å². The second kappa shape index (κ2) is 9.47. The van der Waals surface area contributed by atoms with Crippen molar-refractivity contribution in [2.75, 3.05) is 6.61 Å². The number of carbonyl (C=O) groups excluding carboxylic acids is 2. The molecule has 1 aliphatic carbocycles. The van der Waals surface area contributed by atoms with Crippen LogP contribution < -0.4 is 14.9 Å². The van der Waals surface area contributed by atoms with Crippen molar-refractivity contribution in [3.63, 3.8) is 0 Å². The first-order valence-electron chi connectivity index (χ1n) is 10.1. The van der Waals surface area contributed by atoms with Crippen molar-refractivity contribution in [2.45, 2.75) is 26.2 Å². The van der Waals surface area contributed by atoms with E-state index in [1.807, 2.05) is 18.2 Å². The fourth-order valence-electron chi connectivity index (χ4n) is 3.46. The molecule has 1 amide bonds. The molecule has 0 radical (unpaired) electrons. The summed E-state index contributed by atoms with van der Waals surface area (Å²) < 4.78 is 29.5. The summed E-state index contributed by atoms with van der Waals surface area (Å²) in [5.74, 6) is -0.0174. The SMILES string of the molecule is Cc1c(C(=O)Oc2ccc(F)cc2)oc2c1/C(=N/NC(=O)COc1ccccc1)CCC2. The van der Waals surface area contributed by atoms with Crippen LogP contribution in [-0.2, 0) is 11.2 Å². The molecular weight excluding hydrogens is 415 g/mol. The lowest BCUT2D eigenvalue weighted by molar-refractivity contribution is -0.123. The molecule has 0 spiro atoms. The van der Waals surface area contributed by atoms with Gasteiger partial charge in [0.1, 0.15) is 23.1 Å². The summed E-state index contributed by atoms with van der Waals surface area (Å²) in [7, 11) is 0. The number of furan rings is 1. The van der Waals surface area contributed by atoms with Crippen molar-refractivity contribution in [3.05, 3.63) is 83.1 Å². The molecule has 1 N–H and O–H groups in total. The zero-order valence-corrected chi connectivity index (χ0v) is 17.4. The first-order valence-corrected chi connectivity index (χ1v) is 10.1. The Hall–Kier alpha value is -3.94. The van der Waals surface area contributed by atoms with Crippen molar-refractivity contribution in [3.8, 4) is 11.5 Å². The third-order valence-electron chi connectivity index (χ3n) is 4.96. The standard InChI is InChI=1S/C24H21FN2O5/c1-15-22-19(26-27-21(28)14-30-17-6-3-2-4-7-17)8-5-9-20(22)32-23(15)24(29)31-18-12-10-16(25)11-13-18/h2-4,6-7,10-13H,5,8-9,14H2,1H3,(H,27,28)/b26-19+. The lowest BCUT2D eigenvalue weighted by Gasteiger charge is -2.13. The summed E-state index contributed by atoms with van der Waals surface area (Å²) in [5, 5.41) is 4.25. The van der Waals surface area contributed by atoms with E-state index in [1.165, 1.54) is 24.3 Å². The van der Waals surface area contributed by atoms with Crippen LogP contribution in [0.15, 0.2) is 64.1 Å². The highest BCUT2D eigenvalue weighted by Crippen LogP contribution is 2.30. The van der Waals surface area contributed by atoms with Crippen molar-refractivity contribution in [1.29, 1.82) is 0 Å². The molecule has 7 nitrogen and oxygen atoms in total. The second-order valence-corrected chi connectivity index (χ2v) is 7.25. The van der Waals surface area contributed by atoms with E-state index in [0.29, 0.717) is 41.2 Å². The smallest absolute Gasteiger partial charge is 0.379 e. The molecule has 32 heavy (non-hydrogen) atoms. The van der Waals surface area contributed by atoms with Gasteiger partial charge in [0.05, 0.1) is 5.71 Å². The van der Waals surface area contributed by atoms with Gasteiger partial charge in [0, 0.05) is 17.5 Å². The van der Waals surface area contributed by atoms with E-state index in [9.17, 15) is 14.0 Å². The normalized spacial score (nSPS) is 14.0. The fraction of sp³-hybridized carbons (Fsp3) is 0.208. The van der Waals surface area contributed by atoms with E-state index in [0.717, 1.165) is 6.42 Å². The molecule has 0 atom stereocenters. The molecule has 0 saturated carbocycles. The minimum Gasteiger partial charge on any atom is -0.484 e. The van der Waals surface area contributed by atoms with Gasteiger partial charge in [-0.25, -0.2) is 14.6 Å². The maximum Gasteiger partial charge on any atom is 0.379 e. The van der Waals surface area contributed by atoms with Crippen LogP contribution in [0.25, 0.3) is 0 Å². The van der Waals surface area contributed by atoms with Crippen LogP contribution in [0.4, 0.5) is 4.39 Å². The quantitative estimate of drug-likeness (QED) is 0.356. The molecule has 3 aromatic rings. The molecule has 8 heteroatoms. The van der Waals surface area contributed by atoms with E-state index >= 15 is 0 Å². The van der Waals surface area contributed by atoms with Crippen LogP contribution in [-0.4, -0.2) is 24.2 Å². The highest BCUT2D eigenvalue weighted by Gasteiger charge is 2.29. The Morgan fingerprint density at radius 2 is 1.81 bits per heavy atom. The molecule has 1 aliphatic rings. The minimum atomic E-state index is -0.678. The summed E-state index contributed by atoms with van der Waals surface area (Å²) in [4.78, 5) is 24.7. The number of halogens is 1. The number of esters is 1. The summed E-state index contributed by atoms with van der Waals surface area (Å²) in [6.07, 6.45) is 2.03. The average Bonchev–Trinajstić information content (AvgIpc) is 3.16. The number of ether oxygens (including phenoxy) is 2. The fourth-order valence-corrected chi connectivity index (χ4v) is 3.46. The third-order valence-corrected chi connectivity index (χ3v) is 4.96. The summed E-state index contributed by atoms with van der Waals surface area (Å²) in [5.41, 5.74) is 4.42. The molecule has 164 valence electrons. The number of hydrazone groups is 1. The van der Waals surface area contributed by atoms with Gasteiger partial charge >= 0.3 is 5.97 Å². The number of rotatable bonds is 6. The topological polar surface area (TPSA) is 90.1 Å². The predicted octanol–water partition coefficient (Wildman–Crippen LogP) is 4.18. The molecule has 0 aliphatic heterocycles. The number of hydrogen-bond donors (Lipinski definition) is 1. The van der Waals surface area contributed by atoms with E-state index in [4.69, 9.17) is 13.9 Å². The number of amides is 1. The number of para-hydroxylation sites is 1. The molecule has 1 aromatic heterocycles. The van der Waals surface area contributed by atoms with Gasteiger partial charge < -0.3 is 13.9 Å². The summed E-state index contributed by atoms with van der Waals surface area (Å²) in [6, 6.07) is 14.2. The predicted molar refractivity (Wildman–Crippen MR) is 114 cm³/mol. The molecule has 0 unspecified atom stereocenters. The Balaban J connectivity index is 1.45. The van der Waals surface area contributed by atoms with Gasteiger partial charge in [-0.05, 0) is 56.2 Å². The van der Waals surface area contributed by atoms with E-state index < -0.39 is 17.7 Å². The monoisotopic (exact) mass is 436 g/mol. The number of carbonyl (C=O) groups is 2. The largest absolute Gasteiger partial charge is 0.484 e. The van der Waals surface area contributed by atoms with Gasteiger partial charge in [0.25, 0.3) is 5.91 Å². The number of benzene rings is 2. The minimum absolute atomic E-state index is 0.0627. The Bertz CT molecular complexity index is 1150. The lowest BCUT2D eigenvalue weighted by Crippen LogP contribution is -2.27. The molecule has 0 fully saturated rings. The van der Waals surface area contributed by atoms with Crippen LogP contribution in [0.1, 0.15) is 40.3 Å². The van der Waals surface area contributed by atoms with Crippen molar-refractivity contribution < 1.29 is 27.9 Å². The molecule has 4 rings (SSSR count). The molecule has 0 saturated heterocycles. The molecule has 1 heterocycles. The van der Waals surface area contributed by atoms with Crippen molar-refractivity contribution in [1.82, 2.24) is 5.43 Å². The lowest BCUT2D eigenvalue weighted by atomic mass is 9.93. The Morgan fingerprint density at radius 3 is 2.56 bits per heavy atom. The van der Waals surface area contributed by atoms with Gasteiger partial charge in [0.2, 0.25) is 5.76 Å². The zero-order valence-electron chi connectivity index (χ0n) is 17.4. The van der Waals surface area contributed by atoms with E-state index in [1.54, 1.807) is 19.1 Å². The molecular formula is C24H21FN2O5. The Kier molecular flexibility index (Phi) is 6.30. The van der Waals surface area contributed by atoms with E-state index in [-0.39, 0.29) is 18.1 Å². The van der Waals surface area contributed by atoms with Gasteiger partial charge in [-0.15, -0.1) is 0 Å². The molecule has 2 aromatic carbocycles. The summed E-state index contributed by atoms with van der Waals surface area (Å²) in [6.45, 7) is 1.57. The maximum absolute atomic E-state index is 13.1. The zero-order chi connectivity index (χ0) is 22.5. The van der Waals surface area contributed by atoms with Gasteiger partial charge in [-0.2, -0.15) is 5.10 Å². The van der Waals surface area contributed by atoms with Crippen molar-refractivity contribution >= 4 is 17.6 Å². The van der Waals surface area contributed by atoms with Crippen molar-refractivity contribution in [2.24, 2.45) is 5.10 Å². The van der Waals surface area contributed by atoms with Gasteiger partial charge in [-0.1, -0.05) is 18.2 Å². The highest BCUT2D eigenvalue weighted by molar-refractivity contribution is 6.06. The number of nitrogens with one attached hydrogen (secondary N) is 1. The molecule has 0 bridgehead atoms.